The SMILES string of the molecule is COc1ccc(CCNC(=O)C2CCCN2Cc2ccccc2)cc1S(N)(=O)=O. The molecule has 3 N–H and O–H groups in total. The average molecular weight is 418 g/mol. The number of carbonyl (C=O) groups excluding carboxylic acids is 1. The summed E-state index contributed by atoms with van der Waals surface area (Å²) >= 11 is 0. The normalized spacial score (nSPS) is 17.2. The molecule has 1 aliphatic heterocycles. The molecule has 156 valence electrons. The predicted octanol–water partition coefficient (Wildman–Crippen LogP) is 1.67. The number of hydrogen-bond donors (Lipinski definition) is 2. The van der Waals surface area contributed by atoms with E-state index in [2.05, 4.69) is 22.3 Å². The van der Waals surface area contributed by atoms with Crippen molar-refractivity contribution < 1.29 is 17.9 Å². The number of carbonyl (C=O) groups is 1. The van der Waals surface area contributed by atoms with E-state index in [9.17, 15) is 13.2 Å². The van der Waals surface area contributed by atoms with Gasteiger partial charge in [0, 0.05) is 13.1 Å². The van der Waals surface area contributed by atoms with Crippen molar-refractivity contribution in [2.24, 2.45) is 5.14 Å². The van der Waals surface area contributed by atoms with Crippen LogP contribution >= 0.6 is 0 Å². The van der Waals surface area contributed by atoms with Gasteiger partial charge in [0.15, 0.2) is 0 Å². The van der Waals surface area contributed by atoms with E-state index < -0.39 is 10.0 Å². The molecule has 0 saturated carbocycles. The van der Waals surface area contributed by atoms with Crippen LogP contribution in [0.25, 0.3) is 0 Å². The van der Waals surface area contributed by atoms with Crippen molar-refractivity contribution in [3.63, 3.8) is 0 Å². The quantitative estimate of drug-likeness (QED) is 0.680. The van der Waals surface area contributed by atoms with Crippen LogP contribution in [0.2, 0.25) is 0 Å². The third-order valence-electron chi connectivity index (χ3n) is 5.14. The van der Waals surface area contributed by atoms with Crippen LogP contribution in [0.4, 0.5) is 0 Å². The van der Waals surface area contributed by atoms with Crippen molar-refractivity contribution >= 4 is 15.9 Å². The minimum atomic E-state index is -3.88. The summed E-state index contributed by atoms with van der Waals surface area (Å²) in [6.45, 7) is 2.09. The number of nitrogens with one attached hydrogen (secondary N) is 1. The molecule has 3 rings (SSSR count). The number of likely N-dealkylation sites (tertiary alicyclic amines) is 1. The number of nitrogens with zero attached hydrogens (tertiary/aromatic N) is 1. The molecule has 8 heteroatoms. The van der Waals surface area contributed by atoms with Crippen molar-refractivity contribution in [2.75, 3.05) is 20.2 Å². The zero-order valence-corrected chi connectivity index (χ0v) is 17.3. The lowest BCUT2D eigenvalue weighted by Crippen LogP contribution is -2.43. The van der Waals surface area contributed by atoms with E-state index in [1.165, 1.54) is 18.7 Å². The topological polar surface area (TPSA) is 102 Å². The fourth-order valence-corrected chi connectivity index (χ4v) is 4.42. The fraction of sp³-hybridized carbons (Fsp3) is 0.381. The molecule has 0 bridgehead atoms. The molecule has 1 fully saturated rings. The van der Waals surface area contributed by atoms with E-state index >= 15 is 0 Å². The lowest BCUT2D eigenvalue weighted by molar-refractivity contribution is -0.125. The first-order valence-electron chi connectivity index (χ1n) is 9.64. The first-order valence-corrected chi connectivity index (χ1v) is 11.2. The van der Waals surface area contributed by atoms with Gasteiger partial charge in [0.05, 0.1) is 13.2 Å². The van der Waals surface area contributed by atoms with Gasteiger partial charge in [-0.3, -0.25) is 9.69 Å². The second-order valence-corrected chi connectivity index (χ2v) is 8.72. The molecule has 1 saturated heterocycles. The van der Waals surface area contributed by atoms with E-state index in [1.54, 1.807) is 12.1 Å². The maximum atomic E-state index is 12.7. The molecule has 7 nitrogen and oxygen atoms in total. The van der Waals surface area contributed by atoms with E-state index in [0.29, 0.717) is 13.0 Å². The number of nitrogens with two attached hydrogens (primary N) is 1. The van der Waals surface area contributed by atoms with Gasteiger partial charge in [0.25, 0.3) is 0 Å². The maximum absolute atomic E-state index is 12.7. The van der Waals surface area contributed by atoms with Crippen molar-refractivity contribution in [2.45, 2.75) is 36.7 Å². The summed E-state index contributed by atoms with van der Waals surface area (Å²) < 4.78 is 28.5. The minimum Gasteiger partial charge on any atom is -0.495 e. The van der Waals surface area contributed by atoms with Crippen molar-refractivity contribution in [1.82, 2.24) is 10.2 Å². The molecule has 0 spiro atoms. The fourth-order valence-electron chi connectivity index (χ4n) is 3.68. The molecule has 1 heterocycles. The highest BCUT2D eigenvalue weighted by Crippen LogP contribution is 2.24. The molecular formula is C21H27N3O4S. The van der Waals surface area contributed by atoms with Gasteiger partial charge in [-0.1, -0.05) is 36.4 Å². The summed E-state index contributed by atoms with van der Waals surface area (Å²) in [7, 11) is -2.48. The first kappa shape index (κ1) is 21.3. The third-order valence-corrected chi connectivity index (χ3v) is 6.07. The summed E-state index contributed by atoms with van der Waals surface area (Å²) in [6, 6.07) is 14.9. The summed E-state index contributed by atoms with van der Waals surface area (Å²) in [5.41, 5.74) is 1.96. The number of methoxy groups -OCH3 is 1. The number of sulfonamides is 1. The molecule has 0 radical (unpaired) electrons. The van der Waals surface area contributed by atoms with Crippen LogP contribution in [0, 0.1) is 0 Å². The standard InChI is InChI=1S/C21H27N3O4S/c1-28-19-10-9-16(14-20(19)29(22,26)27)11-12-23-21(25)18-8-5-13-24(18)15-17-6-3-2-4-7-17/h2-4,6-7,9-10,14,18H,5,8,11-13,15H2,1H3,(H,23,25)(H2,22,26,27). The second-order valence-electron chi connectivity index (χ2n) is 7.19. The third kappa shape index (κ3) is 5.56. The molecule has 1 atom stereocenters. The Morgan fingerprint density at radius 2 is 1.97 bits per heavy atom. The number of primary sulfonamides is 1. The highest BCUT2D eigenvalue weighted by atomic mass is 32.2. The molecule has 29 heavy (non-hydrogen) atoms. The smallest absolute Gasteiger partial charge is 0.241 e. The van der Waals surface area contributed by atoms with Gasteiger partial charge < -0.3 is 10.1 Å². The Morgan fingerprint density at radius 3 is 2.66 bits per heavy atom. The van der Waals surface area contributed by atoms with Gasteiger partial charge in [-0.05, 0) is 49.1 Å². The Bertz CT molecular complexity index is 948. The van der Waals surface area contributed by atoms with E-state index in [-0.39, 0.29) is 22.6 Å². The molecule has 1 aliphatic rings. The van der Waals surface area contributed by atoms with Crippen molar-refractivity contribution in [3.8, 4) is 5.75 Å². The van der Waals surface area contributed by atoms with E-state index in [0.717, 1.165) is 31.5 Å². The van der Waals surface area contributed by atoms with Crippen molar-refractivity contribution in [3.05, 3.63) is 59.7 Å². The van der Waals surface area contributed by atoms with Crippen molar-refractivity contribution in [1.29, 1.82) is 0 Å². The molecule has 2 aromatic carbocycles. The van der Waals surface area contributed by atoms with Gasteiger partial charge in [0.2, 0.25) is 15.9 Å². The van der Waals surface area contributed by atoms with Crippen LogP contribution in [-0.4, -0.2) is 45.5 Å². The predicted molar refractivity (Wildman–Crippen MR) is 111 cm³/mol. The highest BCUT2D eigenvalue weighted by molar-refractivity contribution is 7.89. The number of hydrogen-bond acceptors (Lipinski definition) is 5. The van der Waals surface area contributed by atoms with Gasteiger partial charge in [-0.15, -0.1) is 0 Å². The van der Waals surface area contributed by atoms with E-state index in [1.807, 2.05) is 18.2 Å². The Kier molecular flexibility index (Phi) is 6.89. The monoisotopic (exact) mass is 417 g/mol. The molecule has 1 amide bonds. The summed E-state index contributed by atoms with van der Waals surface area (Å²) in [6.07, 6.45) is 2.35. The van der Waals surface area contributed by atoms with Gasteiger partial charge in [0.1, 0.15) is 10.6 Å². The first-order chi connectivity index (χ1) is 13.9. The summed E-state index contributed by atoms with van der Waals surface area (Å²) in [4.78, 5) is 14.8. The van der Waals surface area contributed by atoms with E-state index in [4.69, 9.17) is 9.88 Å². The van der Waals surface area contributed by atoms with Crippen LogP contribution < -0.4 is 15.2 Å². The maximum Gasteiger partial charge on any atom is 0.241 e. The lowest BCUT2D eigenvalue weighted by Gasteiger charge is -2.23. The van der Waals surface area contributed by atoms with Gasteiger partial charge in [-0.25, -0.2) is 13.6 Å². The largest absolute Gasteiger partial charge is 0.495 e. The number of rotatable bonds is 8. The van der Waals surface area contributed by atoms with Crippen LogP contribution in [-0.2, 0) is 27.8 Å². The zero-order chi connectivity index (χ0) is 20.9. The van der Waals surface area contributed by atoms with Gasteiger partial charge >= 0.3 is 0 Å². The van der Waals surface area contributed by atoms with Crippen LogP contribution in [0.1, 0.15) is 24.0 Å². The Hall–Kier alpha value is -2.42. The molecule has 0 aliphatic carbocycles. The number of ether oxygens (including phenoxy) is 1. The number of benzene rings is 2. The number of amides is 1. The zero-order valence-electron chi connectivity index (χ0n) is 16.5. The second kappa shape index (κ2) is 9.39. The molecule has 0 aromatic heterocycles. The van der Waals surface area contributed by atoms with Crippen LogP contribution in [0.15, 0.2) is 53.4 Å². The molecule has 1 unspecified atom stereocenters. The molecule has 2 aromatic rings. The molecular weight excluding hydrogens is 390 g/mol. The summed E-state index contributed by atoms with van der Waals surface area (Å²) in [5.74, 6) is 0.224. The Morgan fingerprint density at radius 1 is 1.21 bits per heavy atom. The Labute approximate surface area is 171 Å². The lowest BCUT2D eigenvalue weighted by atomic mass is 10.1. The summed E-state index contributed by atoms with van der Waals surface area (Å²) in [5, 5.41) is 8.24. The average Bonchev–Trinajstić information content (AvgIpc) is 3.16. The van der Waals surface area contributed by atoms with Crippen LogP contribution in [0.5, 0.6) is 5.75 Å². The van der Waals surface area contributed by atoms with Gasteiger partial charge in [-0.2, -0.15) is 0 Å². The highest BCUT2D eigenvalue weighted by Gasteiger charge is 2.30. The Balaban J connectivity index is 1.57. The van der Waals surface area contributed by atoms with Crippen LogP contribution in [0.3, 0.4) is 0 Å². The minimum absolute atomic E-state index is 0.0126.